The van der Waals surface area contributed by atoms with Crippen molar-refractivity contribution < 1.29 is 13.2 Å². The molecule has 0 spiro atoms. The van der Waals surface area contributed by atoms with E-state index in [9.17, 15) is 13.2 Å². The molecule has 0 N–H and O–H groups in total. The first-order valence-corrected chi connectivity index (χ1v) is 14.2. The van der Waals surface area contributed by atoms with Crippen molar-refractivity contribution in [3.05, 3.63) is 52.5 Å². The van der Waals surface area contributed by atoms with E-state index in [4.69, 9.17) is 11.6 Å². The zero-order chi connectivity index (χ0) is 23.0. The van der Waals surface area contributed by atoms with Gasteiger partial charge in [0.1, 0.15) is 0 Å². The summed E-state index contributed by atoms with van der Waals surface area (Å²) in [7, 11) is -3.54. The summed E-state index contributed by atoms with van der Waals surface area (Å²) in [6.45, 7) is 3.25. The van der Waals surface area contributed by atoms with Crippen LogP contribution in [0.25, 0.3) is 10.8 Å². The SMILES string of the molecule is Cl.O=C(CCS(=O)(=O)c1ccc2cc(Cl)ccc2c1)N1CCC(CC2=CSC3=NCCN23)CC1. The van der Waals surface area contributed by atoms with Crippen molar-refractivity contribution in [2.75, 3.05) is 31.9 Å². The molecule has 0 aliphatic carbocycles. The molecule has 2 aromatic rings. The van der Waals surface area contributed by atoms with Crippen LogP contribution in [0, 0.1) is 5.92 Å². The minimum atomic E-state index is -3.54. The molecule has 3 aliphatic rings. The molecule has 182 valence electrons. The van der Waals surface area contributed by atoms with Crippen molar-refractivity contribution >= 4 is 67.5 Å². The molecule has 1 saturated heterocycles. The van der Waals surface area contributed by atoms with Crippen molar-refractivity contribution in [3.63, 3.8) is 0 Å². The van der Waals surface area contributed by atoms with Crippen molar-refractivity contribution in [2.24, 2.45) is 10.9 Å². The number of nitrogens with zero attached hydrogens (tertiary/aromatic N) is 3. The molecular weight excluding hydrogens is 513 g/mol. The third-order valence-electron chi connectivity index (χ3n) is 6.63. The highest BCUT2D eigenvalue weighted by Gasteiger charge is 2.30. The molecule has 0 atom stereocenters. The number of rotatable bonds is 6. The number of halogens is 2. The van der Waals surface area contributed by atoms with Gasteiger partial charge in [-0.25, -0.2) is 8.42 Å². The van der Waals surface area contributed by atoms with Crippen LogP contribution >= 0.6 is 35.8 Å². The second-order valence-electron chi connectivity index (χ2n) is 8.79. The van der Waals surface area contributed by atoms with E-state index in [0.717, 1.165) is 48.3 Å². The van der Waals surface area contributed by atoms with E-state index in [1.54, 1.807) is 42.1 Å². The fraction of sp³-hybridized carbons (Fsp3) is 0.417. The standard InChI is InChI=1S/C24H26ClN3O3S2.ClH/c25-20-3-1-19-15-22(4-2-18(19)14-20)33(30,31)12-7-23(29)27-9-5-17(6-10-27)13-21-16-32-24-26-8-11-28(21)24;/h1-4,14-17H,5-13H2;1H. The van der Waals surface area contributed by atoms with Crippen LogP contribution in [-0.2, 0) is 14.6 Å². The number of aliphatic imine (C=N–C) groups is 1. The minimum Gasteiger partial charge on any atom is -0.343 e. The lowest BCUT2D eigenvalue weighted by Gasteiger charge is -2.33. The van der Waals surface area contributed by atoms with Crippen LogP contribution in [-0.4, -0.2) is 61.2 Å². The van der Waals surface area contributed by atoms with Crippen molar-refractivity contribution in [3.8, 4) is 0 Å². The molecular formula is C24H27Cl2N3O3S2. The zero-order valence-corrected chi connectivity index (χ0v) is 21.9. The van der Waals surface area contributed by atoms with Gasteiger partial charge in [0.25, 0.3) is 0 Å². The van der Waals surface area contributed by atoms with Gasteiger partial charge in [-0.15, -0.1) is 12.4 Å². The van der Waals surface area contributed by atoms with Gasteiger partial charge in [-0.1, -0.05) is 35.5 Å². The van der Waals surface area contributed by atoms with E-state index in [2.05, 4.69) is 15.3 Å². The molecule has 3 aliphatic heterocycles. The van der Waals surface area contributed by atoms with E-state index in [1.165, 1.54) is 5.70 Å². The smallest absolute Gasteiger partial charge is 0.223 e. The monoisotopic (exact) mass is 539 g/mol. The predicted octanol–water partition coefficient (Wildman–Crippen LogP) is 4.97. The number of amidine groups is 1. The van der Waals surface area contributed by atoms with Gasteiger partial charge in [-0.3, -0.25) is 9.79 Å². The molecule has 0 unspecified atom stereocenters. The quantitative estimate of drug-likeness (QED) is 0.518. The number of hydrogen-bond donors (Lipinski definition) is 0. The van der Waals surface area contributed by atoms with Gasteiger partial charge in [0.2, 0.25) is 5.91 Å². The number of thioether (sulfide) groups is 1. The van der Waals surface area contributed by atoms with Gasteiger partial charge < -0.3 is 9.80 Å². The third-order valence-corrected chi connectivity index (χ3v) is 9.53. The molecule has 0 aromatic heterocycles. The molecule has 3 heterocycles. The largest absolute Gasteiger partial charge is 0.343 e. The van der Waals surface area contributed by atoms with E-state index >= 15 is 0 Å². The normalized spacial score (nSPS) is 18.5. The van der Waals surface area contributed by atoms with Crippen LogP contribution in [0.5, 0.6) is 0 Å². The Morgan fingerprint density at radius 3 is 2.62 bits per heavy atom. The number of carbonyl (C=O) groups excluding carboxylic acids is 1. The number of hydrogen-bond acceptors (Lipinski definition) is 6. The minimum absolute atomic E-state index is 0. The first-order valence-electron chi connectivity index (χ1n) is 11.3. The molecule has 2 aromatic carbocycles. The molecule has 6 nitrogen and oxygen atoms in total. The van der Waals surface area contributed by atoms with Gasteiger partial charge in [-0.2, -0.15) is 0 Å². The van der Waals surface area contributed by atoms with Gasteiger partial charge in [0, 0.05) is 36.8 Å². The van der Waals surface area contributed by atoms with Gasteiger partial charge in [0.05, 0.1) is 17.2 Å². The molecule has 5 rings (SSSR count). The molecule has 34 heavy (non-hydrogen) atoms. The Kier molecular flexibility index (Phi) is 7.82. The zero-order valence-electron chi connectivity index (χ0n) is 18.7. The topological polar surface area (TPSA) is 70.0 Å². The van der Waals surface area contributed by atoms with Crippen LogP contribution in [0.1, 0.15) is 25.7 Å². The number of piperidine rings is 1. The summed E-state index contributed by atoms with van der Waals surface area (Å²) in [4.78, 5) is 21.6. The molecule has 1 amide bonds. The predicted molar refractivity (Wildman–Crippen MR) is 141 cm³/mol. The van der Waals surface area contributed by atoms with Crippen molar-refractivity contribution in [1.82, 2.24) is 9.80 Å². The first kappa shape index (κ1) is 25.4. The van der Waals surface area contributed by atoms with E-state index in [0.29, 0.717) is 24.0 Å². The fourth-order valence-corrected chi connectivity index (χ4v) is 7.11. The lowest BCUT2D eigenvalue weighted by molar-refractivity contribution is -0.132. The van der Waals surface area contributed by atoms with Crippen LogP contribution in [0.4, 0.5) is 0 Å². The van der Waals surface area contributed by atoms with Gasteiger partial charge >= 0.3 is 0 Å². The Labute approximate surface area is 215 Å². The number of amides is 1. The van der Waals surface area contributed by atoms with Crippen molar-refractivity contribution in [2.45, 2.75) is 30.6 Å². The number of fused-ring (bicyclic) bond motifs is 2. The summed E-state index contributed by atoms with van der Waals surface area (Å²) in [6, 6.07) is 10.4. The Balaban J connectivity index is 0.00000274. The van der Waals surface area contributed by atoms with Crippen LogP contribution in [0.15, 0.2) is 57.4 Å². The molecule has 0 radical (unpaired) electrons. The lowest BCUT2D eigenvalue weighted by Crippen LogP contribution is -2.39. The summed E-state index contributed by atoms with van der Waals surface area (Å²) in [5.74, 6) is 0.302. The maximum atomic E-state index is 12.8. The summed E-state index contributed by atoms with van der Waals surface area (Å²) in [6.07, 6.45) is 2.94. The highest BCUT2D eigenvalue weighted by molar-refractivity contribution is 8.16. The second kappa shape index (κ2) is 10.5. The fourth-order valence-electron chi connectivity index (χ4n) is 4.70. The Bertz CT molecular complexity index is 1260. The van der Waals surface area contributed by atoms with E-state index < -0.39 is 9.84 Å². The lowest BCUT2D eigenvalue weighted by atomic mass is 9.92. The highest BCUT2D eigenvalue weighted by Crippen LogP contribution is 2.35. The van der Waals surface area contributed by atoms with Gasteiger partial charge in [0.15, 0.2) is 15.0 Å². The second-order valence-corrected chi connectivity index (χ2v) is 12.2. The van der Waals surface area contributed by atoms with Crippen molar-refractivity contribution in [1.29, 1.82) is 0 Å². The Morgan fingerprint density at radius 1 is 1.09 bits per heavy atom. The summed E-state index contributed by atoms with van der Waals surface area (Å²) in [5, 5.41) is 5.65. The van der Waals surface area contributed by atoms with Crippen LogP contribution in [0.3, 0.4) is 0 Å². The number of sulfone groups is 1. The number of carbonyl (C=O) groups is 1. The number of benzene rings is 2. The molecule has 1 fully saturated rings. The average Bonchev–Trinajstić information content (AvgIpc) is 3.43. The highest BCUT2D eigenvalue weighted by atomic mass is 35.5. The maximum absolute atomic E-state index is 12.8. The first-order chi connectivity index (χ1) is 15.9. The molecule has 0 saturated carbocycles. The number of allylic oxidation sites excluding steroid dienone is 1. The van der Waals surface area contributed by atoms with E-state index in [-0.39, 0.29) is 35.4 Å². The van der Waals surface area contributed by atoms with Gasteiger partial charge in [-0.05, 0) is 65.6 Å². The molecule has 10 heteroatoms. The summed E-state index contributed by atoms with van der Waals surface area (Å²) >= 11 is 7.72. The van der Waals surface area contributed by atoms with Crippen LogP contribution < -0.4 is 0 Å². The Hall–Kier alpha value is -1.74. The molecule has 0 bridgehead atoms. The summed E-state index contributed by atoms with van der Waals surface area (Å²) < 4.78 is 25.7. The maximum Gasteiger partial charge on any atom is 0.223 e. The average molecular weight is 541 g/mol. The summed E-state index contributed by atoms with van der Waals surface area (Å²) in [5.41, 5.74) is 1.35. The van der Waals surface area contributed by atoms with E-state index in [1.807, 2.05) is 11.0 Å². The third kappa shape index (κ3) is 5.40. The van der Waals surface area contributed by atoms with Crippen LogP contribution in [0.2, 0.25) is 5.02 Å². The Morgan fingerprint density at radius 2 is 1.82 bits per heavy atom. The number of likely N-dealkylation sites (tertiary alicyclic amines) is 1.